The monoisotopic (exact) mass is 1310 g/mol. The van der Waals surface area contributed by atoms with Crippen LogP contribution in [0, 0.1) is 17.8 Å². The number of carbonyl (C=O) groups is 17. The quantitative estimate of drug-likeness (QED) is 0.0269. The Kier molecular flexibility index (Phi) is 38.1. The third-order valence-corrected chi connectivity index (χ3v) is 13.3. The fraction of sp³-hybridized carbons (Fsp3) is 0.673. The summed E-state index contributed by atoms with van der Waals surface area (Å²) in [5, 5.41) is 74.5. The molecule has 14 amide bonds. The molecule has 0 aliphatic rings. The average Bonchev–Trinajstić information content (AvgIpc) is 3.30. The normalized spacial score (nSPS) is 14.3. The lowest BCUT2D eigenvalue weighted by Crippen LogP contribution is -2.61. The van der Waals surface area contributed by atoms with E-state index in [0.29, 0.717) is 5.75 Å². The molecule has 0 aromatic rings. The van der Waals surface area contributed by atoms with E-state index in [1.807, 2.05) is 0 Å². The van der Waals surface area contributed by atoms with Gasteiger partial charge in [-0.3, -0.25) is 76.7 Å². The van der Waals surface area contributed by atoms with Crippen LogP contribution < -0.4 is 81.0 Å². The lowest BCUT2D eigenvalue weighted by Gasteiger charge is -2.29. The van der Waals surface area contributed by atoms with Crippen LogP contribution in [-0.4, -0.2) is 231 Å². The highest BCUT2D eigenvalue weighted by atomic mass is 32.2. The van der Waals surface area contributed by atoms with E-state index in [0.717, 1.165) is 0 Å². The summed E-state index contributed by atoms with van der Waals surface area (Å²) in [5.74, 6) is -20.6. The van der Waals surface area contributed by atoms with Gasteiger partial charge >= 0.3 is 17.9 Å². The minimum atomic E-state index is -1.89. The van der Waals surface area contributed by atoms with Crippen molar-refractivity contribution in [2.24, 2.45) is 35.0 Å². The van der Waals surface area contributed by atoms with Gasteiger partial charge in [-0.15, -0.1) is 0 Å². The molecule has 0 aromatic heterocycles. The van der Waals surface area contributed by atoms with Crippen molar-refractivity contribution >= 4 is 112 Å². The number of aliphatic hydroxyl groups is 2. The Bertz CT molecular complexity index is 2560. The number of rotatable bonds is 45. The summed E-state index contributed by atoms with van der Waals surface area (Å²) in [6.07, 6.45) is -2.86. The first-order valence-electron chi connectivity index (χ1n) is 28.2. The second-order valence-electron chi connectivity index (χ2n) is 21.5. The molecule has 38 heteroatoms. The van der Waals surface area contributed by atoms with Crippen LogP contribution in [0.2, 0.25) is 0 Å². The van der Waals surface area contributed by atoms with E-state index in [2.05, 4.69) is 63.8 Å². The number of aliphatic carboxylic acids is 3. The molecule has 90 heavy (non-hydrogen) atoms. The fourth-order valence-corrected chi connectivity index (χ4v) is 8.19. The number of hydrogen-bond donors (Lipinski definition) is 20. The summed E-state index contributed by atoms with van der Waals surface area (Å²) in [6.45, 7) is 4.65. The van der Waals surface area contributed by atoms with Crippen molar-refractivity contribution in [3.05, 3.63) is 0 Å². The first-order chi connectivity index (χ1) is 42.0. The summed E-state index contributed by atoms with van der Waals surface area (Å²) < 4.78 is 0. The smallest absolute Gasteiger partial charge is 0.326 e. The summed E-state index contributed by atoms with van der Waals surface area (Å²) in [4.78, 5) is 217. The highest BCUT2D eigenvalue weighted by Gasteiger charge is 2.37. The van der Waals surface area contributed by atoms with E-state index in [4.69, 9.17) is 17.2 Å². The first kappa shape index (κ1) is 81.2. The Labute approximate surface area is 521 Å². The van der Waals surface area contributed by atoms with Gasteiger partial charge in [0.25, 0.3) is 0 Å². The van der Waals surface area contributed by atoms with E-state index in [-0.39, 0.29) is 12.8 Å². The molecule has 0 fully saturated rings. The molecule has 10 atom stereocenters. The van der Waals surface area contributed by atoms with Crippen molar-refractivity contribution < 1.29 is 107 Å². The van der Waals surface area contributed by atoms with Crippen LogP contribution in [-0.2, 0) is 81.5 Å². The number of thioether (sulfide) groups is 1. The van der Waals surface area contributed by atoms with E-state index in [1.54, 1.807) is 20.1 Å². The number of carboxylic acids is 3. The number of primary amides is 2. The molecule has 508 valence electrons. The van der Waals surface area contributed by atoms with Crippen LogP contribution in [0.5, 0.6) is 0 Å². The SMILES string of the molecule is CSCC[C@H](N)C(=O)N[C@@H](CC(=O)O)C(=O)N[C@H](C(=O)N[C@@H](CCC(N)=O)C(=O)N[C@@H](CC(C)C)C(=O)N[C@@H](CCC(N)=O)C(=O)N[C@@H](CCC(=O)O)C(=O)N[C@@H](CO)C(=O)NCC(=O)NCC(=O)NCC(=O)N[C@@H](CO)C(=O)N[C@H](C(=O)O)C(C)C)C(C)C. The van der Waals surface area contributed by atoms with Gasteiger partial charge in [0.2, 0.25) is 82.7 Å². The molecule has 0 bridgehead atoms. The molecular formula is C52H87N15O22S. The molecule has 0 rings (SSSR count). The summed E-state index contributed by atoms with van der Waals surface area (Å²) in [7, 11) is 0. The summed E-state index contributed by atoms with van der Waals surface area (Å²) >= 11 is 1.38. The molecule has 0 saturated heterocycles. The van der Waals surface area contributed by atoms with Crippen molar-refractivity contribution in [2.45, 2.75) is 160 Å². The standard InChI is InChI=1S/C52H87N15O22S/c1-23(2)16-30(64-46(82)28(9-12-35(55)71)62-51(87)41(24(3)4)66-49(85)31(17-40(77)78)63-43(79)26(53)14-15-90-7)48(84)61-27(8-11-34(54)70)45(81)60-29(10-13-39(75)76)47(83)65-32(21-68)44(80)58-19-37(73)56-18-36(72)57-20-38(74)59-33(22-69)50(86)67-42(25(5)6)52(88)89/h23-33,41-42,68-69H,8-22,53H2,1-7H3,(H2,54,70)(H2,55,71)(H,56,73)(H,57,72)(H,58,80)(H,59,74)(H,60,81)(H,61,84)(H,62,87)(H,63,79)(H,64,82)(H,65,83)(H,66,85)(H,67,86)(H,75,76)(H,77,78)(H,88,89)/t26-,27-,28-,29-,30-,31-,32-,33-,41-,42-/m0/s1. The molecule has 0 aliphatic heterocycles. The van der Waals surface area contributed by atoms with Crippen molar-refractivity contribution in [2.75, 3.05) is 44.9 Å². The van der Waals surface area contributed by atoms with Crippen molar-refractivity contribution in [3.8, 4) is 0 Å². The molecule has 0 aromatic carbocycles. The summed E-state index contributed by atoms with van der Waals surface area (Å²) in [5.41, 5.74) is 16.6. The minimum absolute atomic E-state index is 0.184. The van der Waals surface area contributed by atoms with Crippen molar-refractivity contribution in [1.82, 2.24) is 63.8 Å². The minimum Gasteiger partial charge on any atom is -0.481 e. The highest BCUT2D eigenvalue weighted by Crippen LogP contribution is 2.12. The number of amides is 14. The molecular weight excluding hydrogens is 1220 g/mol. The van der Waals surface area contributed by atoms with Crippen LogP contribution >= 0.6 is 11.8 Å². The van der Waals surface area contributed by atoms with Crippen LogP contribution in [0.25, 0.3) is 0 Å². The Hall–Kier alpha value is -8.78. The fourth-order valence-electron chi connectivity index (χ4n) is 7.70. The number of nitrogens with one attached hydrogen (secondary N) is 12. The Morgan fingerprint density at radius 3 is 1.20 bits per heavy atom. The maximum absolute atomic E-state index is 14.1. The highest BCUT2D eigenvalue weighted by molar-refractivity contribution is 7.98. The molecule has 0 aliphatic carbocycles. The maximum Gasteiger partial charge on any atom is 0.326 e. The van der Waals surface area contributed by atoms with Crippen LogP contribution in [0.3, 0.4) is 0 Å². The molecule has 23 N–H and O–H groups in total. The number of carboxylic acid groups (broad SMARTS) is 3. The predicted octanol–water partition coefficient (Wildman–Crippen LogP) is -8.92. The Morgan fingerprint density at radius 1 is 0.400 bits per heavy atom. The zero-order valence-corrected chi connectivity index (χ0v) is 51.7. The van der Waals surface area contributed by atoms with Gasteiger partial charge in [0.1, 0.15) is 54.4 Å². The predicted molar refractivity (Wildman–Crippen MR) is 314 cm³/mol. The van der Waals surface area contributed by atoms with Gasteiger partial charge in [-0.25, -0.2) is 4.79 Å². The topological polar surface area (TPSA) is 614 Å². The molecule has 0 saturated carbocycles. The molecule has 0 spiro atoms. The number of carbonyl (C=O) groups excluding carboxylic acids is 14. The van der Waals surface area contributed by atoms with E-state index in [9.17, 15) is 107 Å². The third kappa shape index (κ3) is 33.0. The number of nitrogens with two attached hydrogens (primary N) is 3. The molecule has 0 unspecified atom stereocenters. The molecule has 0 heterocycles. The maximum atomic E-state index is 14.1. The second kappa shape index (κ2) is 42.2. The lowest BCUT2D eigenvalue weighted by molar-refractivity contribution is -0.144. The third-order valence-electron chi connectivity index (χ3n) is 12.7. The van der Waals surface area contributed by atoms with E-state index < -0.39 is 257 Å². The summed E-state index contributed by atoms with van der Waals surface area (Å²) in [6, 6.07) is -16.1. The molecule has 0 radical (unpaired) electrons. The van der Waals surface area contributed by atoms with Gasteiger partial charge in [0.05, 0.1) is 45.3 Å². The first-order valence-corrected chi connectivity index (χ1v) is 29.6. The lowest BCUT2D eigenvalue weighted by atomic mass is 9.99. The van der Waals surface area contributed by atoms with Crippen molar-refractivity contribution in [1.29, 1.82) is 0 Å². The van der Waals surface area contributed by atoms with E-state index in [1.165, 1.54) is 39.5 Å². The second-order valence-corrected chi connectivity index (χ2v) is 22.5. The van der Waals surface area contributed by atoms with Gasteiger partial charge in [0.15, 0.2) is 0 Å². The van der Waals surface area contributed by atoms with Crippen LogP contribution in [0.4, 0.5) is 0 Å². The van der Waals surface area contributed by atoms with Crippen LogP contribution in [0.15, 0.2) is 0 Å². The van der Waals surface area contributed by atoms with Gasteiger partial charge in [-0.05, 0) is 61.9 Å². The van der Waals surface area contributed by atoms with Gasteiger partial charge < -0.3 is 107 Å². The largest absolute Gasteiger partial charge is 0.481 e. The van der Waals surface area contributed by atoms with Crippen LogP contribution in [0.1, 0.15) is 99.3 Å². The Morgan fingerprint density at radius 2 is 0.778 bits per heavy atom. The van der Waals surface area contributed by atoms with Crippen molar-refractivity contribution in [3.63, 3.8) is 0 Å². The number of hydrogen-bond acceptors (Lipinski definition) is 21. The van der Waals surface area contributed by atoms with Gasteiger partial charge in [-0.2, -0.15) is 11.8 Å². The average molecular weight is 1310 g/mol. The molecule has 37 nitrogen and oxygen atoms in total. The van der Waals surface area contributed by atoms with Gasteiger partial charge in [0, 0.05) is 19.3 Å². The Balaban J connectivity index is 6.33. The number of aliphatic hydroxyl groups excluding tert-OH is 2. The zero-order chi connectivity index (χ0) is 69.1. The zero-order valence-electron chi connectivity index (χ0n) is 50.9. The van der Waals surface area contributed by atoms with E-state index >= 15 is 0 Å². The van der Waals surface area contributed by atoms with Gasteiger partial charge in [-0.1, -0.05) is 41.5 Å².